The molecule has 1 aromatic heterocycles. The van der Waals surface area contributed by atoms with E-state index in [-0.39, 0.29) is 18.5 Å². The Morgan fingerprint density at radius 1 is 1.15 bits per heavy atom. The maximum absolute atomic E-state index is 12.0. The van der Waals surface area contributed by atoms with Crippen molar-refractivity contribution in [2.45, 2.75) is 50.6 Å². The molecule has 1 saturated carbocycles. The zero-order valence-electron chi connectivity index (χ0n) is 16.4. The van der Waals surface area contributed by atoms with Crippen molar-refractivity contribution in [3.8, 4) is 0 Å². The molecule has 1 aromatic rings. The Kier molecular flexibility index (Phi) is 6.84. The summed E-state index contributed by atoms with van der Waals surface area (Å²) in [4.78, 5) is 29.0. The molecule has 0 bridgehead atoms. The third-order valence-corrected chi connectivity index (χ3v) is 5.16. The number of piperidine rings is 1. The molecule has 8 nitrogen and oxygen atoms in total. The van der Waals surface area contributed by atoms with Crippen LogP contribution in [0.1, 0.15) is 38.5 Å². The molecule has 2 aliphatic rings. The van der Waals surface area contributed by atoms with E-state index in [4.69, 9.17) is 0 Å². The molecule has 0 spiro atoms. The number of rotatable bonds is 5. The number of likely N-dealkylation sites (N-methyl/N-ethyl adjacent to an activating group) is 1. The molecule has 1 atom stereocenters. The van der Waals surface area contributed by atoms with Gasteiger partial charge in [-0.1, -0.05) is 12.8 Å². The smallest absolute Gasteiger partial charge is 0.243 e. The molecule has 0 radical (unpaired) electrons. The normalized spacial score (nSPS) is 21.2. The molecule has 1 saturated heterocycles. The number of aliphatic imine (C=N–C) groups is 1. The summed E-state index contributed by atoms with van der Waals surface area (Å²) >= 11 is 0. The van der Waals surface area contributed by atoms with Crippen molar-refractivity contribution in [1.82, 2.24) is 25.5 Å². The van der Waals surface area contributed by atoms with Crippen LogP contribution in [-0.4, -0.2) is 72.5 Å². The van der Waals surface area contributed by atoms with E-state index < -0.39 is 0 Å². The summed E-state index contributed by atoms with van der Waals surface area (Å²) in [5, 5.41) is 7.08. The topological polar surface area (TPSA) is 85.8 Å². The van der Waals surface area contributed by atoms with E-state index in [1.807, 2.05) is 6.07 Å². The van der Waals surface area contributed by atoms with Crippen LogP contribution in [-0.2, 0) is 4.79 Å². The first-order chi connectivity index (χ1) is 13.1. The highest BCUT2D eigenvalue weighted by atomic mass is 16.2. The van der Waals surface area contributed by atoms with E-state index in [2.05, 4.69) is 30.5 Å². The zero-order chi connectivity index (χ0) is 19.1. The van der Waals surface area contributed by atoms with Crippen molar-refractivity contribution in [2.75, 3.05) is 38.6 Å². The molecular weight excluding hydrogens is 342 g/mol. The lowest BCUT2D eigenvalue weighted by molar-refractivity contribution is -0.127. The Labute approximate surface area is 161 Å². The summed E-state index contributed by atoms with van der Waals surface area (Å²) in [6.45, 7) is 1.95. The minimum absolute atomic E-state index is 0.00507. The van der Waals surface area contributed by atoms with Gasteiger partial charge in [0.05, 0.1) is 0 Å². The maximum Gasteiger partial charge on any atom is 0.243 e. The number of hydrogen-bond acceptors (Lipinski definition) is 5. The van der Waals surface area contributed by atoms with Gasteiger partial charge in [-0.15, -0.1) is 0 Å². The van der Waals surface area contributed by atoms with Crippen LogP contribution in [0.2, 0.25) is 0 Å². The lowest BCUT2D eigenvalue weighted by Gasteiger charge is -2.34. The van der Waals surface area contributed by atoms with Crippen LogP contribution in [0, 0.1) is 0 Å². The van der Waals surface area contributed by atoms with Gasteiger partial charge in [0, 0.05) is 51.7 Å². The molecule has 3 rings (SSSR count). The molecule has 2 N–H and O–H groups in total. The molecule has 2 fully saturated rings. The number of carbonyl (C=O) groups is 1. The Morgan fingerprint density at radius 2 is 1.81 bits per heavy atom. The fourth-order valence-corrected chi connectivity index (χ4v) is 3.61. The highest BCUT2D eigenvalue weighted by molar-refractivity contribution is 5.85. The summed E-state index contributed by atoms with van der Waals surface area (Å²) in [7, 11) is 3.52. The Hall–Kier alpha value is -2.38. The van der Waals surface area contributed by atoms with E-state index in [1.165, 1.54) is 12.8 Å². The lowest BCUT2D eigenvalue weighted by atomic mass is 10.1. The lowest BCUT2D eigenvalue weighted by Crippen LogP contribution is -2.53. The minimum atomic E-state index is 0.00507. The number of aromatic nitrogens is 2. The molecule has 0 aromatic carbocycles. The van der Waals surface area contributed by atoms with E-state index in [1.54, 1.807) is 31.4 Å². The predicted molar refractivity (Wildman–Crippen MR) is 107 cm³/mol. The number of guanidine groups is 1. The largest absolute Gasteiger partial charge is 0.354 e. The molecule has 1 aliphatic heterocycles. The van der Waals surface area contributed by atoms with Crippen molar-refractivity contribution >= 4 is 17.8 Å². The van der Waals surface area contributed by atoms with Crippen LogP contribution in [0.3, 0.4) is 0 Å². The second kappa shape index (κ2) is 9.53. The summed E-state index contributed by atoms with van der Waals surface area (Å²) in [6.07, 6.45) is 10.5. The average molecular weight is 374 g/mol. The molecule has 2 heterocycles. The second-order valence-electron chi connectivity index (χ2n) is 7.56. The monoisotopic (exact) mass is 373 g/mol. The Morgan fingerprint density at radius 3 is 2.52 bits per heavy atom. The van der Waals surface area contributed by atoms with Crippen LogP contribution in [0.4, 0.5) is 5.95 Å². The van der Waals surface area contributed by atoms with Crippen molar-refractivity contribution in [1.29, 1.82) is 0 Å². The standard InChI is InChI=1S/C19H31N7O/c1-25(2)17(27)13-22-18(23-15-7-3-4-8-15)24-16-9-5-12-26(14-16)19-20-10-6-11-21-19/h6,10-11,15-16H,3-5,7-9,12-14H2,1-2H3,(H2,22,23,24). The molecule has 27 heavy (non-hydrogen) atoms. The number of hydrogen-bond donors (Lipinski definition) is 2. The third-order valence-electron chi connectivity index (χ3n) is 5.16. The first-order valence-corrected chi connectivity index (χ1v) is 9.91. The quantitative estimate of drug-likeness (QED) is 0.592. The summed E-state index contributed by atoms with van der Waals surface area (Å²) in [5.74, 6) is 1.53. The van der Waals surface area contributed by atoms with Crippen LogP contribution < -0.4 is 15.5 Å². The number of nitrogens with one attached hydrogen (secondary N) is 2. The van der Waals surface area contributed by atoms with Crippen LogP contribution in [0.5, 0.6) is 0 Å². The fourth-order valence-electron chi connectivity index (χ4n) is 3.61. The van der Waals surface area contributed by atoms with E-state index in [9.17, 15) is 4.79 Å². The van der Waals surface area contributed by atoms with Gasteiger partial charge in [0.15, 0.2) is 5.96 Å². The van der Waals surface area contributed by atoms with Crippen LogP contribution >= 0.6 is 0 Å². The molecule has 1 unspecified atom stereocenters. The molecule has 1 amide bonds. The Balaban J connectivity index is 1.62. The highest BCUT2D eigenvalue weighted by Crippen LogP contribution is 2.18. The van der Waals surface area contributed by atoms with Crippen molar-refractivity contribution in [3.63, 3.8) is 0 Å². The SMILES string of the molecule is CN(C)C(=O)CN=C(NC1CCCC1)NC1CCCN(c2ncccn2)C1. The number of anilines is 1. The van der Waals surface area contributed by atoms with Crippen LogP contribution in [0.25, 0.3) is 0 Å². The van der Waals surface area contributed by atoms with Gasteiger partial charge in [0.25, 0.3) is 0 Å². The van der Waals surface area contributed by atoms with Gasteiger partial charge in [-0.2, -0.15) is 0 Å². The maximum atomic E-state index is 12.0. The van der Waals surface area contributed by atoms with Crippen LogP contribution in [0.15, 0.2) is 23.5 Å². The summed E-state index contributed by atoms with van der Waals surface area (Å²) in [5.41, 5.74) is 0. The fraction of sp³-hybridized carbons (Fsp3) is 0.684. The van der Waals surface area contributed by atoms with E-state index in [0.717, 1.165) is 50.7 Å². The van der Waals surface area contributed by atoms with Crippen molar-refractivity contribution in [3.05, 3.63) is 18.5 Å². The number of carbonyl (C=O) groups excluding carboxylic acids is 1. The van der Waals surface area contributed by atoms with E-state index >= 15 is 0 Å². The van der Waals surface area contributed by atoms with Gasteiger partial charge in [-0.3, -0.25) is 4.79 Å². The summed E-state index contributed by atoms with van der Waals surface area (Å²) in [6, 6.07) is 2.54. The molecule has 148 valence electrons. The molecule has 8 heteroatoms. The first-order valence-electron chi connectivity index (χ1n) is 9.91. The van der Waals surface area contributed by atoms with Crippen molar-refractivity contribution < 1.29 is 4.79 Å². The van der Waals surface area contributed by atoms with E-state index in [0.29, 0.717) is 6.04 Å². The molecular formula is C19H31N7O. The first kappa shape index (κ1) is 19.4. The minimum Gasteiger partial charge on any atom is -0.354 e. The van der Waals surface area contributed by atoms with Gasteiger partial charge in [-0.25, -0.2) is 15.0 Å². The second-order valence-corrected chi connectivity index (χ2v) is 7.56. The van der Waals surface area contributed by atoms with Gasteiger partial charge in [-0.05, 0) is 31.7 Å². The third kappa shape index (κ3) is 5.80. The zero-order valence-corrected chi connectivity index (χ0v) is 16.4. The van der Waals surface area contributed by atoms with Gasteiger partial charge < -0.3 is 20.4 Å². The van der Waals surface area contributed by atoms with Gasteiger partial charge in [0.1, 0.15) is 6.54 Å². The predicted octanol–water partition coefficient (Wildman–Crippen LogP) is 1.01. The van der Waals surface area contributed by atoms with Gasteiger partial charge >= 0.3 is 0 Å². The summed E-state index contributed by atoms with van der Waals surface area (Å²) < 4.78 is 0. The number of nitrogens with zero attached hydrogens (tertiary/aromatic N) is 5. The Bertz CT molecular complexity index is 628. The average Bonchev–Trinajstić information content (AvgIpc) is 3.19. The van der Waals surface area contributed by atoms with Crippen molar-refractivity contribution in [2.24, 2.45) is 4.99 Å². The number of amides is 1. The van der Waals surface area contributed by atoms with Gasteiger partial charge in [0.2, 0.25) is 11.9 Å². The highest BCUT2D eigenvalue weighted by Gasteiger charge is 2.24. The molecule has 1 aliphatic carbocycles.